The minimum absolute atomic E-state index is 0.0748. The Morgan fingerprint density at radius 2 is 1.75 bits per heavy atom. The van der Waals surface area contributed by atoms with E-state index in [0.29, 0.717) is 30.6 Å². The van der Waals surface area contributed by atoms with Crippen LogP contribution in [0, 0.1) is 5.92 Å². The summed E-state index contributed by atoms with van der Waals surface area (Å²) < 4.78 is 9.98. The number of benzene rings is 2. The van der Waals surface area contributed by atoms with Crippen molar-refractivity contribution in [3.05, 3.63) is 59.7 Å². The van der Waals surface area contributed by atoms with E-state index in [9.17, 15) is 14.4 Å². The van der Waals surface area contributed by atoms with Crippen LogP contribution in [0.2, 0.25) is 0 Å². The molecular weight excluding hydrogens is 408 g/mol. The molecule has 0 spiro atoms. The van der Waals surface area contributed by atoms with Gasteiger partial charge in [0.25, 0.3) is 0 Å². The second kappa shape index (κ2) is 10.8. The highest BCUT2D eigenvalue weighted by Crippen LogP contribution is 2.38. The standard InChI is InChI=1S/C25H30N2O5/c1-4-5-16-27-22(28)15-14-21(23(27)17-8-12-20(31-2)13-9-17)24(29)26-19-10-6-18(7-11-19)25(30)32-3/h6-13,21,23H,4-5,14-16H2,1-3H3,(H,26,29)/t21-,23+/m1/s1. The van der Waals surface area contributed by atoms with Crippen LogP contribution >= 0.6 is 0 Å². The normalized spacial score (nSPS) is 18.2. The van der Waals surface area contributed by atoms with Gasteiger partial charge in [-0.05, 0) is 54.8 Å². The summed E-state index contributed by atoms with van der Waals surface area (Å²) in [5.41, 5.74) is 1.92. The van der Waals surface area contributed by atoms with Gasteiger partial charge in [-0.2, -0.15) is 0 Å². The molecule has 0 aromatic heterocycles. The van der Waals surface area contributed by atoms with Crippen LogP contribution in [0.3, 0.4) is 0 Å². The van der Waals surface area contributed by atoms with Crippen LogP contribution in [0.25, 0.3) is 0 Å². The van der Waals surface area contributed by atoms with E-state index in [0.717, 1.165) is 24.2 Å². The number of nitrogens with zero attached hydrogens (tertiary/aromatic N) is 1. The fraction of sp³-hybridized carbons (Fsp3) is 0.400. The number of hydrogen-bond donors (Lipinski definition) is 1. The predicted octanol–water partition coefficient (Wildman–Crippen LogP) is 4.20. The predicted molar refractivity (Wildman–Crippen MR) is 121 cm³/mol. The van der Waals surface area contributed by atoms with Crippen molar-refractivity contribution >= 4 is 23.5 Å². The zero-order valence-electron chi connectivity index (χ0n) is 18.8. The number of piperidine rings is 1. The van der Waals surface area contributed by atoms with Gasteiger partial charge in [0.15, 0.2) is 0 Å². The number of ether oxygens (including phenoxy) is 2. The highest BCUT2D eigenvalue weighted by atomic mass is 16.5. The Bertz CT molecular complexity index is 940. The van der Waals surface area contributed by atoms with Crippen LogP contribution in [0.5, 0.6) is 5.75 Å². The van der Waals surface area contributed by atoms with Gasteiger partial charge in [0, 0.05) is 18.7 Å². The molecule has 170 valence electrons. The van der Waals surface area contributed by atoms with Crippen LogP contribution in [0.15, 0.2) is 48.5 Å². The number of rotatable bonds is 8. The van der Waals surface area contributed by atoms with E-state index in [-0.39, 0.29) is 17.9 Å². The third-order valence-corrected chi connectivity index (χ3v) is 5.83. The Kier molecular flexibility index (Phi) is 7.87. The van der Waals surface area contributed by atoms with Crippen molar-refractivity contribution < 1.29 is 23.9 Å². The summed E-state index contributed by atoms with van der Waals surface area (Å²) in [6.07, 6.45) is 2.66. The summed E-state index contributed by atoms with van der Waals surface area (Å²) in [6.45, 7) is 2.70. The van der Waals surface area contributed by atoms with Gasteiger partial charge in [0.2, 0.25) is 11.8 Å². The first-order chi connectivity index (χ1) is 15.5. The molecule has 0 unspecified atom stereocenters. The van der Waals surface area contributed by atoms with Crippen LogP contribution < -0.4 is 10.1 Å². The molecule has 7 heteroatoms. The minimum Gasteiger partial charge on any atom is -0.497 e. The Morgan fingerprint density at radius 3 is 2.34 bits per heavy atom. The number of unbranched alkanes of at least 4 members (excludes halogenated alkanes) is 1. The average Bonchev–Trinajstić information content (AvgIpc) is 2.83. The molecule has 1 aliphatic heterocycles. The van der Waals surface area contributed by atoms with Crippen molar-refractivity contribution in [1.29, 1.82) is 0 Å². The second-order valence-corrected chi connectivity index (χ2v) is 7.86. The van der Waals surface area contributed by atoms with Crippen LogP contribution in [0.4, 0.5) is 5.69 Å². The maximum atomic E-state index is 13.3. The highest BCUT2D eigenvalue weighted by molar-refractivity contribution is 5.95. The monoisotopic (exact) mass is 438 g/mol. The molecule has 1 saturated heterocycles. The Morgan fingerprint density at radius 1 is 1.06 bits per heavy atom. The summed E-state index contributed by atoms with van der Waals surface area (Å²) in [6, 6.07) is 13.8. The highest BCUT2D eigenvalue weighted by Gasteiger charge is 2.40. The average molecular weight is 439 g/mol. The third kappa shape index (κ3) is 5.28. The first kappa shape index (κ1) is 23.3. The van der Waals surface area contributed by atoms with E-state index in [2.05, 4.69) is 12.2 Å². The van der Waals surface area contributed by atoms with Gasteiger partial charge in [-0.1, -0.05) is 25.5 Å². The molecule has 2 aromatic carbocycles. The molecule has 32 heavy (non-hydrogen) atoms. The molecule has 2 atom stereocenters. The number of hydrogen-bond acceptors (Lipinski definition) is 5. The van der Waals surface area contributed by atoms with Gasteiger partial charge in [-0.3, -0.25) is 9.59 Å². The molecule has 2 amide bonds. The molecule has 0 aliphatic carbocycles. The largest absolute Gasteiger partial charge is 0.497 e. The van der Waals surface area contributed by atoms with Crippen molar-refractivity contribution in [2.45, 2.75) is 38.6 Å². The van der Waals surface area contributed by atoms with Gasteiger partial charge in [0.05, 0.1) is 31.7 Å². The second-order valence-electron chi connectivity index (χ2n) is 7.86. The lowest BCUT2D eigenvalue weighted by Crippen LogP contribution is -2.47. The van der Waals surface area contributed by atoms with Crippen molar-refractivity contribution in [3.63, 3.8) is 0 Å². The Hall–Kier alpha value is -3.35. The van der Waals surface area contributed by atoms with Crippen LogP contribution in [-0.4, -0.2) is 43.4 Å². The van der Waals surface area contributed by atoms with E-state index >= 15 is 0 Å². The number of methoxy groups -OCH3 is 2. The molecule has 2 aromatic rings. The van der Waals surface area contributed by atoms with Crippen molar-refractivity contribution in [2.75, 3.05) is 26.1 Å². The lowest BCUT2D eigenvalue weighted by atomic mass is 9.83. The molecule has 1 aliphatic rings. The summed E-state index contributed by atoms with van der Waals surface area (Å²) in [4.78, 5) is 39.6. The van der Waals surface area contributed by atoms with Gasteiger partial charge >= 0.3 is 5.97 Å². The number of carbonyl (C=O) groups is 3. The molecule has 0 bridgehead atoms. The van der Waals surface area contributed by atoms with Crippen molar-refractivity contribution in [2.24, 2.45) is 5.92 Å². The van der Waals surface area contributed by atoms with Gasteiger partial charge in [-0.15, -0.1) is 0 Å². The lowest BCUT2D eigenvalue weighted by Gasteiger charge is -2.41. The molecule has 7 nitrogen and oxygen atoms in total. The third-order valence-electron chi connectivity index (χ3n) is 5.83. The summed E-state index contributed by atoms with van der Waals surface area (Å²) >= 11 is 0. The quantitative estimate of drug-likeness (QED) is 0.625. The maximum absolute atomic E-state index is 13.3. The van der Waals surface area contributed by atoms with E-state index in [1.54, 1.807) is 31.4 Å². The summed E-state index contributed by atoms with van der Waals surface area (Å²) in [5, 5.41) is 2.96. The molecule has 1 N–H and O–H groups in total. The van der Waals surface area contributed by atoms with Crippen LogP contribution in [-0.2, 0) is 14.3 Å². The van der Waals surface area contributed by atoms with E-state index in [1.807, 2.05) is 29.2 Å². The fourth-order valence-corrected chi connectivity index (χ4v) is 4.08. The van der Waals surface area contributed by atoms with Crippen molar-refractivity contribution in [3.8, 4) is 5.75 Å². The minimum atomic E-state index is -0.431. The number of esters is 1. The van der Waals surface area contributed by atoms with Gasteiger partial charge in [0.1, 0.15) is 5.75 Å². The van der Waals surface area contributed by atoms with E-state index in [1.165, 1.54) is 7.11 Å². The smallest absolute Gasteiger partial charge is 0.337 e. The summed E-state index contributed by atoms with van der Waals surface area (Å²) in [7, 11) is 2.93. The Balaban J connectivity index is 1.86. The zero-order chi connectivity index (χ0) is 23.1. The maximum Gasteiger partial charge on any atom is 0.337 e. The van der Waals surface area contributed by atoms with E-state index in [4.69, 9.17) is 9.47 Å². The molecule has 0 radical (unpaired) electrons. The number of likely N-dealkylation sites (tertiary alicyclic amines) is 1. The van der Waals surface area contributed by atoms with Crippen molar-refractivity contribution in [1.82, 2.24) is 4.90 Å². The number of anilines is 1. The Labute approximate surface area is 188 Å². The topological polar surface area (TPSA) is 84.9 Å². The van der Waals surface area contributed by atoms with Gasteiger partial charge in [-0.25, -0.2) is 4.79 Å². The van der Waals surface area contributed by atoms with Crippen LogP contribution in [0.1, 0.15) is 54.6 Å². The molecule has 0 saturated carbocycles. The summed E-state index contributed by atoms with van der Waals surface area (Å²) in [5.74, 6) is -0.169. The van der Waals surface area contributed by atoms with Gasteiger partial charge < -0.3 is 19.7 Å². The fourth-order valence-electron chi connectivity index (χ4n) is 4.08. The number of nitrogens with one attached hydrogen (secondary N) is 1. The lowest BCUT2D eigenvalue weighted by molar-refractivity contribution is -0.142. The molecular formula is C25H30N2O5. The molecule has 3 rings (SSSR count). The number of amides is 2. The SMILES string of the molecule is CCCCN1C(=O)CC[C@@H](C(=O)Nc2ccc(C(=O)OC)cc2)[C@@H]1c1ccc(OC)cc1. The molecule has 1 heterocycles. The first-order valence-electron chi connectivity index (χ1n) is 10.9. The zero-order valence-corrected chi connectivity index (χ0v) is 18.8. The number of carbonyl (C=O) groups excluding carboxylic acids is 3. The first-order valence-corrected chi connectivity index (χ1v) is 10.9. The van der Waals surface area contributed by atoms with E-state index < -0.39 is 11.9 Å². The molecule has 1 fully saturated rings.